The molecule has 1 fully saturated rings. The van der Waals surface area contributed by atoms with Crippen LogP contribution in [0.1, 0.15) is 29.6 Å². The number of rotatable bonds is 8. The van der Waals surface area contributed by atoms with Gasteiger partial charge in [0.2, 0.25) is 10.0 Å². The Morgan fingerprint density at radius 3 is 2.48 bits per heavy atom. The summed E-state index contributed by atoms with van der Waals surface area (Å²) in [5.41, 5.74) is -0.0458. The minimum atomic E-state index is -3.90. The predicted octanol–water partition coefficient (Wildman–Crippen LogP) is 1.97. The fraction of sp³-hybridized carbons (Fsp3) is 0.381. The van der Waals surface area contributed by atoms with Gasteiger partial charge in [-0.05, 0) is 55.7 Å². The minimum absolute atomic E-state index is 0.0458. The first kappa shape index (κ1) is 23.3. The average molecular weight is 454 g/mol. The summed E-state index contributed by atoms with van der Waals surface area (Å²) < 4.78 is 60.0. The van der Waals surface area contributed by atoms with Crippen LogP contribution in [0.25, 0.3) is 0 Å². The molecule has 3 rings (SSSR count). The lowest BCUT2D eigenvalue weighted by Gasteiger charge is -2.36. The lowest BCUT2D eigenvalue weighted by molar-refractivity contribution is -0.0871. The maximum absolute atomic E-state index is 13.7. The van der Waals surface area contributed by atoms with Gasteiger partial charge in [-0.25, -0.2) is 21.9 Å². The molecule has 0 unspecified atom stereocenters. The molecule has 3 atom stereocenters. The number of aliphatic hydroxyl groups is 1. The number of aliphatic hydroxyl groups excluding tert-OH is 1. The van der Waals surface area contributed by atoms with Gasteiger partial charge in [-0.3, -0.25) is 4.79 Å². The predicted molar refractivity (Wildman–Crippen MR) is 109 cm³/mol. The Morgan fingerprint density at radius 1 is 1.10 bits per heavy atom. The number of hydrogen-bond acceptors (Lipinski definition) is 5. The minimum Gasteiger partial charge on any atom is -0.394 e. The topological polar surface area (TPSA) is 105 Å². The van der Waals surface area contributed by atoms with Gasteiger partial charge in [-0.15, -0.1) is 0 Å². The molecule has 1 saturated heterocycles. The molecule has 10 heteroatoms. The highest BCUT2D eigenvalue weighted by Crippen LogP contribution is 2.23. The first-order chi connectivity index (χ1) is 14.8. The number of carbonyl (C=O) groups is 1. The highest BCUT2D eigenvalue weighted by atomic mass is 32.2. The van der Waals surface area contributed by atoms with E-state index in [0.29, 0.717) is 19.3 Å². The van der Waals surface area contributed by atoms with E-state index in [1.54, 1.807) is 6.07 Å². The third kappa shape index (κ3) is 6.07. The molecule has 1 aliphatic heterocycles. The number of halogens is 2. The summed E-state index contributed by atoms with van der Waals surface area (Å²) in [6.07, 6.45) is 0.273. The molecule has 3 N–H and O–H groups in total. The lowest BCUT2D eigenvalue weighted by atomic mass is 9.98. The number of sulfonamides is 1. The number of carbonyl (C=O) groups excluding carboxylic acids is 1. The highest BCUT2D eigenvalue weighted by molar-refractivity contribution is 7.89. The van der Waals surface area contributed by atoms with E-state index in [9.17, 15) is 27.1 Å². The molecule has 2 aromatic rings. The zero-order valence-electron chi connectivity index (χ0n) is 16.6. The lowest BCUT2D eigenvalue weighted by Crippen LogP contribution is -2.51. The number of benzene rings is 2. The van der Waals surface area contributed by atoms with Gasteiger partial charge in [0.15, 0.2) is 0 Å². The third-order valence-electron chi connectivity index (χ3n) is 5.10. The summed E-state index contributed by atoms with van der Waals surface area (Å²) in [4.78, 5) is 12.0. The van der Waals surface area contributed by atoms with E-state index in [4.69, 9.17) is 4.74 Å². The van der Waals surface area contributed by atoms with E-state index in [1.807, 2.05) is 0 Å². The summed E-state index contributed by atoms with van der Waals surface area (Å²) in [5.74, 6) is -1.68. The number of nitrogens with one attached hydrogen (secondary N) is 2. The van der Waals surface area contributed by atoms with E-state index in [2.05, 4.69) is 10.0 Å². The molecule has 0 saturated carbocycles. The molecule has 168 valence electrons. The molecule has 0 radical (unpaired) electrons. The molecule has 0 spiro atoms. The van der Waals surface area contributed by atoms with E-state index in [1.165, 1.54) is 18.2 Å². The van der Waals surface area contributed by atoms with Gasteiger partial charge in [-0.1, -0.05) is 12.1 Å². The van der Waals surface area contributed by atoms with E-state index in [-0.39, 0.29) is 23.1 Å². The fourth-order valence-electron chi connectivity index (χ4n) is 3.45. The van der Waals surface area contributed by atoms with Crippen molar-refractivity contribution in [1.82, 2.24) is 10.0 Å². The normalized spacial score (nSPS) is 21.6. The van der Waals surface area contributed by atoms with E-state index in [0.717, 1.165) is 24.3 Å². The Labute approximate surface area is 179 Å². The van der Waals surface area contributed by atoms with Crippen LogP contribution in [0.2, 0.25) is 0 Å². The summed E-state index contributed by atoms with van der Waals surface area (Å²) in [5, 5.41) is 12.3. The van der Waals surface area contributed by atoms with Crippen molar-refractivity contribution in [3.8, 4) is 0 Å². The van der Waals surface area contributed by atoms with Crippen molar-refractivity contribution in [3.05, 3.63) is 65.7 Å². The molecule has 1 amide bonds. The molecule has 0 bridgehead atoms. The number of ether oxygens (including phenoxy) is 1. The molecule has 7 nitrogen and oxygen atoms in total. The Morgan fingerprint density at radius 2 is 1.81 bits per heavy atom. The standard InChI is InChI=1S/C21H24F2N2O5S/c22-14-5-8-16(9-6-14)31(28,29)25-19-10-7-15(30-20(19)13-26)11-12-24-21(27)17-3-1-2-4-18(17)23/h1-6,8-9,15,19-20,25-26H,7,10-13H2,(H,24,27)/t15-,19-,20-/m1/s1. The Balaban J connectivity index is 1.51. The van der Waals surface area contributed by atoms with Crippen molar-refractivity contribution in [3.63, 3.8) is 0 Å². The monoisotopic (exact) mass is 454 g/mol. The van der Waals surface area contributed by atoms with Crippen molar-refractivity contribution in [2.45, 2.75) is 42.4 Å². The molecule has 31 heavy (non-hydrogen) atoms. The Hall–Kier alpha value is -2.40. The molecular formula is C21H24F2N2O5S. The van der Waals surface area contributed by atoms with Gasteiger partial charge in [0.05, 0.1) is 35.3 Å². The zero-order valence-corrected chi connectivity index (χ0v) is 17.4. The van der Waals surface area contributed by atoms with Gasteiger partial charge in [0.25, 0.3) is 5.91 Å². The highest BCUT2D eigenvalue weighted by Gasteiger charge is 2.33. The third-order valence-corrected chi connectivity index (χ3v) is 6.60. The average Bonchev–Trinajstić information content (AvgIpc) is 2.75. The van der Waals surface area contributed by atoms with Crippen molar-refractivity contribution in [2.24, 2.45) is 0 Å². The smallest absolute Gasteiger partial charge is 0.254 e. The summed E-state index contributed by atoms with van der Waals surface area (Å²) in [6, 6.07) is 9.46. The fourth-order valence-corrected chi connectivity index (χ4v) is 4.75. The van der Waals surface area contributed by atoms with Crippen LogP contribution in [0.15, 0.2) is 53.4 Å². The Kier molecular flexibility index (Phi) is 7.71. The first-order valence-electron chi connectivity index (χ1n) is 9.87. The molecule has 2 aromatic carbocycles. The van der Waals surface area contributed by atoms with E-state index < -0.39 is 46.3 Å². The molecule has 1 heterocycles. The van der Waals surface area contributed by atoms with Crippen LogP contribution >= 0.6 is 0 Å². The van der Waals surface area contributed by atoms with Crippen molar-refractivity contribution >= 4 is 15.9 Å². The quantitative estimate of drug-likeness (QED) is 0.566. The number of amides is 1. The second-order valence-electron chi connectivity index (χ2n) is 7.26. The van der Waals surface area contributed by atoms with Gasteiger partial charge in [0.1, 0.15) is 11.6 Å². The maximum Gasteiger partial charge on any atom is 0.254 e. The van der Waals surface area contributed by atoms with Crippen LogP contribution in [0.3, 0.4) is 0 Å². The van der Waals surface area contributed by atoms with Gasteiger partial charge in [0, 0.05) is 6.54 Å². The van der Waals surface area contributed by atoms with Crippen LogP contribution in [-0.4, -0.2) is 50.8 Å². The summed E-state index contributed by atoms with van der Waals surface area (Å²) in [6.45, 7) is -0.156. The maximum atomic E-state index is 13.7. The largest absolute Gasteiger partial charge is 0.394 e. The van der Waals surface area contributed by atoms with Crippen LogP contribution in [0, 0.1) is 11.6 Å². The second-order valence-corrected chi connectivity index (χ2v) is 8.98. The zero-order chi connectivity index (χ0) is 22.4. The summed E-state index contributed by atoms with van der Waals surface area (Å²) in [7, 11) is -3.90. The SMILES string of the molecule is O=C(NCC[C@H]1CC[C@@H](NS(=O)(=O)c2ccc(F)cc2)[C@@H](CO)O1)c1ccccc1F. The van der Waals surface area contributed by atoms with Crippen molar-refractivity contribution < 1.29 is 31.8 Å². The molecular weight excluding hydrogens is 430 g/mol. The van der Waals surface area contributed by atoms with Gasteiger partial charge in [-0.2, -0.15) is 0 Å². The van der Waals surface area contributed by atoms with Crippen LogP contribution in [0.5, 0.6) is 0 Å². The molecule has 1 aliphatic rings. The Bertz CT molecular complexity index is 1000. The van der Waals surface area contributed by atoms with Crippen molar-refractivity contribution in [2.75, 3.05) is 13.2 Å². The first-order valence-corrected chi connectivity index (χ1v) is 11.4. The van der Waals surface area contributed by atoms with Gasteiger partial charge < -0.3 is 15.2 Å². The van der Waals surface area contributed by atoms with Crippen LogP contribution < -0.4 is 10.0 Å². The number of hydrogen-bond donors (Lipinski definition) is 3. The molecule has 0 aromatic heterocycles. The van der Waals surface area contributed by atoms with Crippen LogP contribution in [-0.2, 0) is 14.8 Å². The van der Waals surface area contributed by atoms with Crippen molar-refractivity contribution in [1.29, 1.82) is 0 Å². The van der Waals surface area contributed by atoms with Crippen LogP contribution in [0.4, 0.5) is 8.78 Å². The second kappa shape index (κ2) is 10.3. The molecule has 0 aliphatic carbocycles. The van der Waals surface area contributed by atoms with Gasteiger partial charge >= 0.3 is 0 Å². The summed E-state index contributed by atoms with van der Waals surface area (Å²) >= 11 is 0. The van der Waals surface area contributed by atoms with E-state index >= 15 is 0 Å².